The van der Waals surface area contributed by atoms with Gasteiger partial charge in [0.15, 0.2) is 6.61 Å². The van der Waals surface area contributed by atoms with Crippen molar-refractivity contribution in [2.24, 2.45) is 0 Å². The van der Waals surface area contributed by atoms with Crippen molar-refractivity contribution in [1.82, 2.24) is 15.5 Å². The number of carbonyl (C=O) groups is 1. The monoisotopic (exact) mass is 353 g/mol. The average Bonchev–Trinajstić information content (AvgIpc) is 3.12. The van der Waals surface area contributed by atoms with E-state index in [4.69, 9.17) is 14.0 Å². The fraction of sp³-hybridized carbons (Fsp3) is 0.211. The van der Waals surface area contributed by atoms with Gasteiger partial charge in [0.1, 0.15) is 11.5 Å². The van der Waals surface area contributed by atoms with Crippen molar-refractivity contribution in [3.8, 4) is 22.9 Å². The Hall–Kier alpha value is -3.35. The van der Waals surface area contributed by atoms with Crippen LogP contribution < -0.4 is 14.8 Å². The molecule has 0 fully saturated rings. The molecule has 134 valence electrons. The molecule has 0 saturated carbocycles. The van der Waals surface area contributed by atoms with Crippen LogP contribution in [-0.4, -0.2) is 29.8 Å². The molecule has 0 aliphatic heterocycles. The zero-order valence-corrected chi connectivity index (χ0v) is 14.6. The molecule has 0 saturated heterocycles. The number of carbonyl (C=O) groups excluding carboxylic acids is 1. The highest BCUT2D eigenvalue weighted by molar-refractivity contribution is 5.77. The molecule has 0 bridgehead atoms. The first-order chi connectivity index (χ1) is 12.6. The molecule has 0 atom stereocenters. The Kier molecular flexibility index (Phi) is 5.48. The molecule has 0 aliphatic rings. The van der Waals surface area contributed by atoms with Gasteiger partial charge in [0.05, 0.1) is 7.11 Å². The lowest BCUT2D eigenvalue weighted by molar-refractivity contribution is -0.123. The first-order valence-electron chi connectivity index (χ1n) is 8.07. The largest absolute Gasteiger partial charge is 0.497 e. The number of methoxy groups -OCH3 is 1. The van der Waals surface area contributed by atoms with E-state index >= 15 is 0 Å². The van der Waals surface area contributed by atoms with E-state index in [1.807, 2.05) is 36.4 Å². The number of nitrogens with one attached hydrogen (secondary N) is 1. The molecule has 1 N–H and O–H groups in total. The summed E-state index contributed by atoms with van der Waals surface area (Å²) in [4.78, 5) is 16.1. The first kappa shape index (κ1) is 17.5. The maximum atomic E-state index is 12.0. The lowest BCUT2D eigenvalue weighted by Gasteiger charge is -2.08. The van der Waals surface area contributed by atoms with E-state index in [2.05, 4.69) is 15.5 Å². The van der Waals surface area contributed by atoms with Crippen molar-refractivity contribution in [2.75, 3.05) is 13.7 Å². The predicted octanol–water partition coefficient (Wildman–Crippen LogP) is 2.75. The zero-order valence-electron chi connectivity index (χ0n) is 14.6. The van der Waals surface area contributed by atoms with E-state index in [1.165, 1.54) is 0 Å². The molecule has 1 amide bonds. The quantitative estimate of drug-likeness (QED) is 0.703. The highest BCUT2D eigenvalue weighted by Gasteiger charge is 2.08. The molecule has 1 aromatic heterocycles. The summed E-state index contributed by atoms with van der Waals surface area (Å²) in [5.41, 5.74) is 1.74. The maximum absolute atomic E-state index is 12.0. The third-order valence-electron chi connectivity index (χ3n) is 3.64. The Bertz CT molecular complexity index is 875. The summed E-state index contributed by atoms with van der Waals surface area (Å²) in [6.45, 7) is 2.07. The van der Waals surface area contributed by atoms with Gasteiger partial charge in [0, 0.05) is 19.0 Å². The summed E-state index contributed by atoms with van der Waals surface area (Å²) in [6, 6.07) is 14.7. The fourth-order valence-corrected chi connectivity index (χ4v) is 2.29. The Balaban J connectivity index is 1.51. The van der Waals surface area contributed by atoms with E-state index < -0.39 is 0 Å². The SMILES string of the molecule is COc1ccc(CNC(=O)COc2cccc(-c3noc(C)n3)c2)cc1. The Morgan fingerprint density at radius 1 is 1.15 bits per heavy atom. The minimum Gasteiger partial charge on any atom is -0.497 e. The van der Waals surface area contributed by atoms with Crippen LogP contribution in [0.5, 0.6) is 11.5 Å². The molecule has 0 aliphatic carbocycles. The van der Waals surface area contributed by atoms with Crippen molar-refractivity contribution < 1.29 is 18.8 Å². The average molecular weight is 353 g/mol. The molecule has 0 unspecified atom stereocenters. The highest BCUT2D eigenvalue weighted by Crippen LogP contribution is 2.21. The molecule has 7 nitrogen and oxygen atoms in total. The van der Waals surface area contributed by atoms with Crippen LogP contribution in [0.25, 0.3) is 11.4 Å². The summed E-state index contributed by atoms with van der Waals surface area (Å²) in [6.07, 6.45) is 0. The van der Waals surface area contributed by atoms with Gasteiger partial charge in [-0.05, 0) is 29.8 Å². The molecule has 0 radical (unpaired) electrons. The van der Waals surface area contributed by atoms with Crippen LogP contribution in [0.4, 0.5) is 0 Å². The van der Waals surface area contributed by atoms with Crippen LogP contribution in [0.1, 0.15) is 11.5 Å². The number of hydrogen-bond donors (Lipinski definition) is 1. The summed E-state index contributed by atoms with van der Waals surface area (Å²) in [7, 11) is 1.61. The fourth-order valence-electron chi connectivity index (χ4n) is 2.29. The Morgan fingerprint density at radius 2 is 1.96 bits per heavy atom. The molecular formula is C19H19N3O4. The number of amides is 1. The summed E-state index contributed by atoms with van der Waals surface area (Å²) < 4.78 is 15.6. The van der Waals surface area contributed by atoms with E-state index in [-0.39, 0.29) is 12.5 Å². The number of benzene rings is 2. The minimum atomic E-state index is -0.207. The molecule has 0 spiro atoms. The number of aromatic nitrogens is 2. The number of nitrogens with zero attached hydrogens (tertiary/aromatic N) is 2. The molecule has 7 heteroatoms. The third-order valence-corrected chi connectivity index (χ3v) is 3.64. The normalized spacial score (nSPS) is 10.4. The van der Waals surface area contributed by atoms with Gasteiger partial charge in [-0.15, -0.1) is 0 Å². The van der Waals surface area contributed by atoms with Crippen molar-refractivity contribution in [2.45, 2.75) is 13.5 Å². The molecule has 3 rings (SSSR count). The van der Waals surface area contributed by atoms with Crippen molar-refractivity contribution >= 4 is 5.91 Å². The summed E-state index contributed by atoms with van der Waals surface area (Å²) in [5.74, 6) is 2.10. The van der Waals surface area contributed by atoms with Crippen LogP contribution in [0.2, 0.25) is 0 Å². The Morgan fingerprint density at radius 3 is 2.65 bits per heavy atom. The topological polar surface area (TPSA) is 86.5 Å². The van der Waals surface area contributed by atoms with Gasteiger partial charge in [0.25, 0.3) is 5.91 Å². The van der Waals surface area contributed by atoms with Crippen molar-refractivity contribution in [1.29, 1.82) is 0 Å². The lowest BCUT2D eigenvalue weighted by atomic mass is 10.2. The van der Waals surface area contributed by atoms with E-state index in [0.29, 0.717) is 24.0 Å². The Labute approximate surface area is 150 Å². The van der Waals surface area contributed by atoms with Crippen molar-refractivity contribution in [3.05, 3.63) is 60.0 Å². The van der Waals surface area contributed by atoms with Crippen LogP contribution in [0.15, 0.2) is 53.1 Å². The smallest absolute Gasteiger partial charge is 0.258 e. The van der Waals surface area contributed by atoms with Crippen LogP contribution in [-0.2, 0) is 11.3 Å². The zero-order chi connectivity index (χ0) is 18.4. The van der Waals surface area contributed by atoms with Gasteiger partial charge in [-0.25, -0.2) is 0 Å². The standard InChI is InChI=1S/C19H19N3O4/c1-13-21-19(22-26-13)15-4-3-5-17(10-15)25-12-18(23)20-11-14-6-8-16(24-2)9-7-14/h3-10H,11-12H2,1-2H3,(H,20,23). The number of ether oxygens (including phenoxy) is 2. The third kappa shape index (κ3) is 4.60. The number of rotatable bonds is 7. The van der Waals surface area contributed by atoms with E-state index in [9.17, 15) is 4.79 Å². The molecular weight excluding hydrogens is 334 g/mol. The molecule has 2 aromatic carbocycles. The van der Waals surface area contributed by atoms with E-state index in [0.717, 1.165) is 16.9 Å². The van der Waals surface area contributed by atoms with Gasteiger partial charge in [-0.1, -0.05) is 29.4 Å². The highest BCUT2D eigenvalue weighted by atomic mass is 16.5. The number of aryl methyl sites for hydroxylation is 1. The second kappa shape index (κ2) is 8.15. The molecule has 26 heavy (non-hydrogen) atoms. The van der Waals surface area contributed by atoms with Gasteiger partial charge in [0.2, 0.25) is 11.7 Å². The summed E-state index contributed by atoms with van der Waals surface area (Å²) >= 11 is 0. The first-order valence-corrected chi connectivity index (χ1v) is 8.07. The summed E-state index contributed by atoms with van der Waals surface area (Å²) in [5, 5.41) is 6.68. The van der Waals surface area contributed by atoms with Gasteiger partial charge < -0.3 is 19.3 Å². The maximum Gasteiger partial charge on any atom is 0.258 e. The van der Waals surface area contributed by atoms with Crippen LogP contribution >= 0.6 is 0 Å². The van der Waals surface area contributed by atoms with Crippen molar-refractivity contribution in [3.63, 3.8) is 0 Å². The molecule has 3 aromatic rings. The van der Waals surface area contributed by atoms with Crippen LogP contribution in [0.3, 0.4) is 0 Å². The van der Waals surface area contributed by atoms with Gasteiger partial charge in [-0.2, -0.15) is 4.98 Å². The van der Waals surface area contributed by atoms with Crippen LogP contribution in [0, 0.1) is 6.92 Å². The van der Waals surface area contributed by atoms with E-state index in [1.54, 1.807) is 26.2 Å². The second-order valence-electron chi connectivity index (χ2n) is 5.58. The van der Waals surface area contributed by atoms with Gasteiger partial charge in [-0.3, -0.25) is 4.79 Å². The second-order valence-corrected chi connectivity index (χ2v) is 5.58. The minimum absolute atomic E-state index is 0.0785. The predicted molar refractivity (Wildman–Crippen MR) is 94.8 cm³/mol. The lowest BCUT2D eigenvalue weighted by Crippen LogP contribution is -2.28. The van der Waals surface area contributed by atoms with Gasteiger partial charge >= 0.3 is 0 Å². The number of hydrogen-bond acceptors (Lipinski definition) is 6. The molecule has 1 heterocycles.